The minimum Gasteiger partial charge on any atom is -0.467 e. The van der Waals surface area contributed by atoms with Crippen molar-refractivity contribution < 1.29 is 14.0 Å². The number of hydrogen-bond donors (Lipinski definition) is 0. The molecule has 0 atom stereocenters. The molecule has 2 aromatic rings. The van der Waals surface area contributed by atoms with Crippen LogP contribution < -0.4 is 0 Å². The number of amides is 2. The number of benzene rings is 1. The molecule has 0 aliphatic heterocycles. The Hall–Kier alpha value is -2.56. The highest BCUT2D eigenvalue weighted by Gasteiger charge is 2.34. The van der Waals surface area contributed by atoms with E-state index in [1.165, 1.54) is 25.7 Å². The molecule has 0 unspecified atom stereocenters. The Morgan fingerprint density at radius 2 is 1.65 bits per heavy atom. The van der Waals surface area contributed by atoms with Crippen LogP contribution in [0.2, 0.25) is 0 Å². The topological polar surface area (TPSA) is 53.8 Å². The van der Waals surface area contributed by atoms with Gasteiger partial charge in [-0.3, -0.25) is 9.59 Å². The summed E-state index contributed by atoms with van der Waals surface area (Å²) in [5.74, 6) is 0.855. The summed E-state index contributed by atoms with van der Waals surface area (Å²) in [5, 5.41) is 0. The van der Waals surface area contributed by atoms with Crippen LogP contribution in [-0.2, 0) is 22.7 Å². The number of carbonyl (C=O) groups is 2. The van der Waals surface area contributed by atoms with Crippen molar-refractivity contribution in [3.8, 4) is 0 Å². The number of hydrogen-bond acceptors (Lipinski definition) is 3. The van der Waals surface area contributed by atoms with Gasteiger partial charge in [0.2, 0.25) is 11.8 Å². The molecule has 168 valence electrons. The van der Waals surface area contributed by atoms with Crippen LogP contribution in [0.15, 0.2) is 53.1 Å². The van der Waals surface area contributed by atoms with Gasteiger partial charge in [0.15, 0.2) is 0 Å². The Kier molecular flexibility index (Phi) is 9.19. The van der Waals surface area contributed by atoms with E-state index < -0.39 is 0 Å². The first-order chi connectivity index (χ1) is 15.2. The predicted octanol–water partition coefficient (Wildman–Crippen LogP) is 5.55. The average Bonchev–Trinajstić information content (AvgIpc) is 3.49. The van der Waals surface area contributed by atoms with Gasteiger partial charge in [-0.15, -0.1) is 0 Å². The van der Waals surface area contributed by atoms with Crippen LogP contribution >= 0.6 is 0 Å². The van der Waals surface area contributed by atoms with Gasteiger partial charge in [0.1, 0.15) is 12.3 Å². The van der Waals surface area contributed by atoms with Gasteiger partial charge in [-0.05, 0) is 37.0 Å². The quantitative estimate of drug-likeness (QED) is 0.374. The third-order valence-corrected chi connectivity index (χ3v) is 5.85. The third-order valence-electron chi connectivity index (χ3n) is 5.85. The van der Waals surface area contributed by atoms with E-state index in [0.717, 1.165) is 37.0 Å². The van der Waals surface area contributed by atoms with Crippen molar-refractivity contribution in [1.29, 1.82) is 0 Å². The summed E-state index contributed by atoms with van der Waals surface area (Å²) in [4.78, 5) is 29.8. The highest BCUT2D eigenvalue weighted by Crippen LogP contribution is 2.28. The van der Waals surface area contributed by atoms with Crippen LogP contribution in [0.3, 0.4) is 0 Å². The van der Waals surface area contributed by atoms with Crippen molar-refractivity contribution in [1.82, 2.24) is 9.80 Å². The summed E-state index contributed by atoms with van der Waals surface area (Å²) in [6.45, 7) is 3.28. The summed E-state index contributed by atoms with van der Waals surface area (Å²) in [5.41, 5.74) is 1.07. The second kappa shape index (κ2) is 12.3. The van der Waals surface area contributed by atoms with Gasteiger partial charge in [-0.1, -0.05) is 69.4 Å². The fourth-order valence-corrected chi connectivity index (χ4v) is 3.88. The van der Waals surface area contributed by atoms with Crippen LogP contribution in [0.5, 0.6) is 0 Å². The molecule has 0 saturated heterocycles. The molecule has 1 saturated carbocycles. The Morgan fingerprint density at radius 1 is 0.903 bits per heavy atom. The van der Waals surface area contributed by atoms with E-state index in [9.17, 15) is 9.59 Å². The zero-order valence-electron chi connectivity index (χ0n) is 18.8. The summed E-state index contributed by atoms with van der Waals surface area (Å²) in [6.07, 6.45) is 11.1. The Bertz CT molecular complexity index is 784. The van der Waals surface area contributed by atoms with Gasteiger partial charge in [0.25, 0.3) is 0 Å². The molecule has 1 aliphatic rings. The maximum absolute atomic E-state index is 13.3. The monoisotopic (exact) mass is 424 g/mol. The van der Waals surface area contributed by atoms with Crippen molar-refractivity contribution in [2.45, 2.75) is 83.8 Å². The normalized spacial score (nSPS) is 13.2. The fourth-order valence-electron chi connectivity index (χ4n) is 3.88. The molecular weight excluding hydrogens is 388 g/mol. The van der Waals surface area contributed by atoms with Gasteiger partial charge < -0.3 is 14.2 Å². The first kappa shape index (κ1) is 23.1. The molecule has 5 heteroatoms. The van der Waals surface area contributed by atoms with Crippen LogP contribution in [0.1, 0.15) is 76.0 Å². The second-order valence-electron chi connectivity index (χ2n) is 8.59. The molecule has 2 amide bonds. The Balaban J connectivity index is 1.57. The lowest BCUT2D eigenvalue weighted by Crippen LogP contribution is -2.43. The number of rotatable bonds is 14. The molecule has 1 aliphatic carbocycles. The lowest BCUT2D eigenvalue weighted by molar-refractivity contribution is -0.142. The number of carbonyl (C=O) groups excluding carboxylic acids is 2. The molecule has 1 aromatic heterocycles. The summed E-state index contributed by atoms with van der Waals surface area (Å²) in [7, 11) is 0. The molecule has 1 aromatic carbocycles. The molecule has 0 radical (unpaired) electrons. The van der Waals surface area contributed by atoms with Crippen molar-refractivity contribution >= 4 is 11.8 Å². The van der Waals surface area contributed by atoms with Crippen LogP contribution in [0.25, 0.3) is 0 Å². The fraction of sp³-hybridized carbons (Fsp3) is 0.538. The van der Waals surface area contributed by atoms with E-state index in [4.69, 9.17) is 4.42 Å². The molecule has 0 spiro atoms. The zero-order chi connectivity index (χ0) is 21.9. The lowest BCUT2D eigenvalue weighted by Gasteiger charge is -2.27. The van der Waals surface area contributed by atoms with Gasteiger partial charge in [-0.2, -0.15) is 0 Å². The van der Waals surface area contributed by atoms with E-state index in [1.807, 2.05) is 47.4 Å². The summed E-state index contributed by atoms with van der Waals surface area (Å²) >= 11 is 0. The molecule has 1 fully saturated rings. The average molecular weight is 425 g/mol. The van der Waals surface area contributed by atoms with Crippen LogP contribution in [0.4, 0.5) is 0 Å². The van der Waals surface area contributed by atoms with Gasteiger partial charge >= 0.3 is 0 Å². The maximum atomic E-state index is 13.3. The minimum atomic E-state index is -0.0246. The van der Waals surface area contributed by atoms with Crippen molar-refractivity contribution in [2.24, 2.45) is 0 Å². The Morgan fingerprint density at radius 3 is 2.32 bits per heavy atom. The lowest BCUT2D eigenvalue weighted by atomic mass is 10.1. The van der Waals surface area contributed by atoms with Crippen LogP contribution in [0, 0.1) is 0 Å². The largest absolute Gasteiger partial charge is 0.467 e. The molecule has 3 rings (SSSR count). The van der Waals surface area contributed by atoms with Crippen molar-refractivity contribution in [3.63, 3.8) is 0 Å². The van der Waals surface area contributed by atoms with E-state index in [0.29, 0.717) is 19.5 Å². The summed E-state index contributed by atoms with van der Waals surface area (Å²) in [6, 6.07) is 13.9. The van der Waals surface area contributed by atoms with Crippen molar-refractivity contribution in [2.75, 3.05) is 6.54 Å². The number of furan rings is 1. The molecule has 5 nitrogen and oxygen atoms in total. The van der Waals surface area contributed by atoms with E-state index >= 15 is 0 Å². The predicted molar refractivity (Wildman–Crippen MR) is 122 cm³/mol. The molecule has 31 heavy (non-hydrogen) atoms. The zero-order valence-corrected chi connectivity index (χ0v) is 18.8. The molecule has 0 bridgehead atoms. The summed E-state index contributed by atoms with van der Waals surface area (Å²) < 4.78 is 5.48. The van der Waals surface area contributed by atoms with Gasteiger partial charge in [0.05, 0.1) is 12.8 Å². The van der Waals surface area contributed by atoms with E-state index in [2.05, 4.69) is 6.92 Å². The molecular formula is C26H36N2O3. The van der Waals surface area contributed by atoms with E-state index in [1.54, 1.807) is 11.2 Å². The van der Waals surface area contributed by atoms with Crippen LogP contribution in [-0.4, -0.2) is 34.2 Å². The first-order valence-corrected chi connectivity index (χ1v) is 11.8. The molecule has 1 heterocycles. The maximum Gasteiger partial charge on any atom is 0.242 e. The first-order valence-electron chi connectivity index (χ1n) is 11.8. The standard InChI is InChI=1S/C26H36N2O3/c1-2-3-4-5-6-10-15-25(29)28(23-16-17-23)21-26(30)27(20-24-14-11-18-31-24)19-22-12-8-7-9-13-22/h7-9,11-14,18,23H,2-6,10,15-17,19-21H2,1H3. The van der Waals surface area contributed by atoms with Gasteiger partial charge in [-0.25, -0.2) is 0 Å². The minimum absolute atomic E-state index is 0.0246. The highest BCUT2D eigenvalue weighted by atomic mass is 16.3. The highest BCUT2D eigenvalue weighted by molar-refractivity contribution is 5.85. The molecule has 0 N–H and O–H groups in total. The smallest absolute Gasteiger partial charge is 0.242 e. The van der Waals surface area contributed by atoms with E-state index in [-0.39, 0.29) is 24.4 Å². The second-order valence-corrected chi connectivity index (χ2v) is 8.59. The SMILES string of the molecule is CCCCCCCCC(=O)N(CC(=O)N(Cc1ccccc1)Cc1ccco1)C1CC1. The van der Waals surface area contributed by atoms with Crippen molar-refractivity contribution in [3.05, 3.63) is 60.1 Å². The number of unbranched alkanes of at least 4 members (excludes halogenated alkanes) is 5. The third kappa shape index (κ3) is 7.89. The number of nitrogens with zero attached hydrogens (tertiary/aromatic N) is 2. The Labute approximate surface area is 186 Å². The van der Waals surface area contributed by atoms with Gasteiger partial charge in [0, 0.05) is 19.0 Å².